The predicted molar refractivity (Wildman–Crippen MR) is 103 cm³/mol. The second kappa shape index (κ2) is 5.75. The lowest BCUT2D eigenvalue weighted by molar-refractivity contribution is -0.136. The number of hydrogen-bond acceptors (Lipinski definition) is 6. The minimum absolute atomic E-state index is 0.0853. The number of rotatable bonds is 3. The number of nitrogens with one attached hydrogen (secondary N) is 1. The summed E-state index contributed by atoms with van der Waals surface area (Å²) in [6.45, 7) is 0.629. The first kappa shape index (κ1) is 16.0. The van der Waals surface area contributed by atoms with Gasteiger partial charge in [-0.2, -0.15) is 0 Å². The summed E-state index contributed by atoms with van der Waals surface area (Å²) < 4.78 is 6.64. The Labute approximate surface area is 164 Å². The predicted octanol–water partition coefficient (Wildman–Crippen LogP) is 3.21. The Balaban J connectivity index is 1.46. The van der Waals surface area contributed by atoms with Gasteiger partial charge in [0.25, 0.3) is 0 Å². The van der Waals surface area contributed by atoms with E-state index in [0.29, 0.717) is 12.3 Å². The zero-order chi connectivity index (χ0) is 18.7. The highest BCUT2D eigenvalue weighted by Crippen LogP contribution is 2.51. The van der Waals surface area contributed by atoms with E-state index in [-0.39, 0.29) is 11.9 Å². The summed E-state index contributed by atoms with van der Waals surface area (Å²) in [6.07, 6.45) is 7.11. The van der Waals surface area contributed by atoms with Crippen LogP contribution in [0.1, 0.15) is 41.0 Å². The number of para-hydroxylation sites is 1. The first-order chi connectivity index (χ1) is 13.8. The van der Waals surface area contributed by atoms with Crippen LogP contribution >= 0.6 is 11.3 Å². The Kier molecular flexibility index (Phi) is 3.28. The molecular weight excluding hydrogens is 374 g/mol. The molecule has 0 saturated heterocycles. The molecule has 7 nitrogen and oxygen atoms in total. The van der Waals surface area contributed by atoms with E-state index in [1.807, 2.05) is 23.1 Å². The van der Waals surface area contributed by atoms with Gasteiger partial charge < -0.3 is 14.3 Å². The van der Waals surface area contributed by atoms with Crippen molar-refractivity contribution in [3.05, 3.63) is 65.3 Å². The third-order valence-electron chi connectivity index (χ3n) is 5.79. The fourth-order valence-corrected chi connectivity index (χ4v) is 5.25. The van der Waals surface area contributed by atoms with Gasteiger partial charge >= 0.3 is 0 Å². The van der Waals surface area contributed by atoms with Crippen molar-refractivity contribution in [2.75, 3.05) is 6.54 Å². The van der Waals surface area contributed by atoms with Gasteiger partial charge in [-0.15, -0.1) is 11.3 Å². The van der Waals surface area contributed by atoms with Crippen LogP contribution in [0.3, 0.4) is 0 Å². The van der Waals surface area contributed by atoms with Crippen LogP contribution in [0.2, 0.25) is 0 Å². The number of carbonyl (C=O) groups excluding carboxylic acids is 1. The van der Waals surface area contributed by atoms with Gasteiger partial charge in [0.2, 0.25) is 5.91 Å². The smallest absolute Gasteiger partial charge is 0.237 e. The Morgan fingerprint density at radius 2 is 2.21 bits per heavy atom. The number of thiazole rings is 1. The quantitative estimate of drug-likeness (QED) is 0.579. The van der Waals surface area contributed by atoms with Crippen molar-refractivity contribution in [1.82, 2.24) is 24.8 Å². The third kappa shape index (κ3) is 2.21. The molecule has 140 valence electrons. The monoisotopic (exact) mass is 391 g/mol. The number of benzene rings is 1. The molecule has 1 aliphatic carbocycles. The molecule has 0 radical (unpaired) electrons. The number of nitrogens with zero attached hydrogens (tertiary/aromatic N) is 4. The number of amides is 1. The molecule has 1 N–H and O–H groups in total. The third-order valence-corrected chi connectivity index (χ3v) is 6.88. The van der Waals surface area contributed by atoms with E-state index < -0.39 is 5.41 Å². The highest BCUT2D eigenvalue weighted by molar-refractivity contribution is 7.18. The molecule has 0 spiro atoms. The van der Waals surface area contributed by atoms with Gasteiger partial charge in [-0.25, -0.2) is 15.0 Å². The number of aromatic nitrogens is 4. The second-order valence-corrected chi connectivity index (χ2v) is 8.45. The van der Waals surface area contributed by atoms with Crippen molar-refractivity contribution in [3.8, 4) is 0 Å². The highest BCUT2D eigenvalue weighted by Gasteiger charge is 2.57. The molecule has 4 heterocycles. The van der Waals surface area contributed by atoms with E-state index in [0.717, 1.165) is 45.9 Å². The summed E-state index contributed by atoms with van der Waals surface area (Å²) >= 11 is 1.63. The van der Waals surface area contributed by atoms with Crippen LogP contribution in [0.4, 0.5) is 0 Å². The summed E-state index contributed by atoms with van der Waals surface area (Å²) in [5.74, 6) is 0.746. The van der Waals surface area contributed by atoms with E-state index in [4.69, 9.17) is 9.40 Å². The van der Waals surface area contributed by atoms with E-state index >= 15 is 0 Å². The highest BCUT2D eigenvalue weighted by atomic mass is 32.1. The van der Waals surface area contributed by atoms with Crippen molar-refractivity contribution >= 4 is 27.5 Å². The van der Waals surface area contributed by atoms with Crippen molar-refractivity contribution in [1.29, 1.82) is 0 Å². The maximum atomic E-state index is 13.7. The number of hydrogen-bond donors (Lipinski definition) is 1. The number of oxazole rings is 1. The van der Waals surface area contributed by atoms with Crippen molar-refractivity contribution in [2.45, 2.75) is 30.7 Å². The first-order valence-corrected chi connectivity index (χ1v) is 10.2. The molecule has 3 aromatic heterocycles. The number of H-pyrrole nitrogens is 1. The Bertz CT molecular complexity index is 1140. The van der Waals surface area contributed by atoms with Crippen LogP contribution in [0.5, 0.6) is 0 Å². The van der Waals surface area contributed by atoms with E-state index in [1.165, 1.54) is 6.39 Å². The summed E-state index contributed by atoms with van der Waals surface area (Å²) in [5.41, 5.74) is 2.35. The first-order valence-electron chi connectivity index (χ1n) is 9.34. The van der Waals surface area contributed by atoms with Crippen molar-refractivity contribution < 1.29 is 9.21 Å². The molecule has 1 aliphatic heterocycles. The molecular formula is C20H17N5O2S. The molecule has 4 aromatic rings. The molecule has 1 fully saturated rings. The largest absolute Gasteiger partial charge is 0.447 e. The van der Waals surface area contributed by atoms with E-state index in [1.54, 1.807) is 23.9 Å². The van der Waals surface area contributed by atoms with Crippen molar-refractivity contribution in [3.63, 3.8) is 0 Å². The number of carbonyl (C=O) groups is 1. The molecule has 28 heavy (non-hydrogen) atoms. The summed E-state index contributed by atoms with van der Waals surface area (Å²) in [4.78, 5) is 32.3. The normalized spacial score (nSPS) is 20.3. The minimum atomic E-state index is -0.584. The average molecular weight is 391 g/mol. The molecule has 0 bridgehead atoms. The van der Waals surface area contributed by atoms with Gasteiger partial charge in [-0.1, -0.05) is 12.1 Å². The second-order valence-electron chi connectivity index (χ2n) is 7.39. The Morgan fingerprint density at radius 3 is 3.00 bits per heavy atom. The summed E-state index contributed by atoms with van der Waals surface area (Å²) in [6, 6.07) is 7.79. The lowest BCUT2D eigenvalue weighted by Gasteiger charge is -2.35. The summed E-state index contributed by atoms with van der Waals surface area (Å²) in [7, 11) is 0. The lowest BCUT2D eigenvalue weighted by atomic mass is 9.96. The average Bonchev–Trinajstić information content (AvgIpc) is 3.15. The standard InChI is InChI=1S/C20H17N5O2S/c26-19(20(6-7-20)15-9-21-11-27-15)25-8-5-13-16(23-10-22-13)17(25)18-24-12-3-1-2-4-14(12)28-18/h1-4,9-11,17H,5-8H2,(H,22,23)/t17-/m0/s1. The van der Waals surface area contributed by atoms with Gasteiger partial charge in [0, 0.05) is 18.7 Å². The molecule has 1 atom stereocenters. The molecule has 8 heteroatoms. The zero-order valence-electron chi connectivity index (χ0n) is 15.0. The van der Waals surface area contributed by atoms with Gasteiger partial charge in [0.15, 0.2) is 6.39 Å². The van der Waals surface area contributed by atoms with Crippen LogP contribution in [0, 0.1) is 0 Å². The zero-order valence-corrected chi connectivity index (χ0v) is 15.8. The summed E-state index contributed by atoms with van der Waals surface area (Å²) in [5, 5.41) is 0.899. The fourth-order valence-electron chi connectivity index (χ4n) is 4.17. The van der Waals surface area contributed by atoms with Crippen LogP contribution < -0.4 is 0 Å². The number of fused-ring (bicyclic) bond motifs is 2. The lowest BCUT2D eigenvalue weighted by Crippen LogP contribution is -2.45. The van der Waals surface area contributed by atoms with Crippen molar-refractivity contribution in [2.24, 2.45) is 0 Å². The number of aromatic amines is 1. The van der Waals surface area contributed by atoms with Crippen LogP contribution in [0.15, 0.2) is 47.6 Å². The van der Waals surface area contributed by atoms with E-state index in [2.05, 4.69) is 21.0 Å². The maximum Gasteiger partial charge on any atom is 0.237 e. The topological polar surface area (TPSA) is 87.9 Å². The molecule has 1 amide bonds. The minimum Gasteiger partial charge on any atom is -0.447 e. The molecule has 0 unspecified atom stereocenters. The molecule has 2 aliphatic rings. The molecule has 1 saturated carbocycles. The number of imidazole rings is 1. The van der Waals surface area contributed by atoms with Crippen LogP contribution in [0.25, 0.3) is 10.2 Å². The van der Waals surface area contributed by atoms with Gasteiger partial charge in [-0.3, -0.25) is 4.79 Å². The fraction of sp³-hybridized carbons (Fsp3) is 0.300. The van der Waals surface area contributed by atoms with Gasteiger partial charge in [0.1, 0.15) is 22.2 Å². The van der Waals surface area contributed by atoms with E-state index in [9.17, 15) is 4.79 Å². The SMILES string of the molecule is O=C(N1CCc2[nH]cnc2[C@H]1c1nc2ccccc2s1)C1(c2cnco2)CC1. The van der Waals surface area contributed by atoms with Gasteiger partial charge in [-0.05, 0) is 25.0 Å². The van der Waals surface area contributed by atoms with Crippen LogP contribution in [-0.4, -0.2) is 37.3 Å². The Hall–Kier alpha value is -3.00. The molecule has 1 aromatic carbocycles. The van der Waals surface area contributed by atoms with Crippen LogP contribution in [-0.2, 0) is 16.6 Å². The van der Waals surface area contributed by atoms with Gasteiger partial charge in [0.05, 0.1) is 28.4 Å². The molecule has 6 rings (SSSR count). The Morgan fingerprint density at radius 1 is 1.32 bits per heavy atom. The maximum absolute atomic E-state index is 13.7.